The van der Waals surface area contributed by atoms with Gasteiger partial charge in [0.15, 0.2) is 0 Å². The third-order valence-corrected chi connectivity index (χ3v) is 0.988. The van der Waals surface area contributed by atoms with E-state index in [1.807, 2.05) is 0 Å². The lowest BCUT2D eigenvalue weighted by Gasteiger charge is -1.96. The summed E-state index contributed by atoms with van der Waals surface area (Å²) in [6, 6.07) is 0. The average Bonchev–Trinajstić information content (AvgIpc) is 2.14. The van der Waals surface area contributed by atoms with E-state index in [-0.39, 0.29) is 31.9 Å². The molecule has 0 amide bonds. The number of unbranched alkanes of at least 4 members (excludes halogenated alkanes) is 1. The molecule has 84 valence electrons. The maximum Gasteiger partial charge on any atom is 0.100 e. The Labute approximate surface area is 77.4 Å². The predicted molar refractivity (Wildman–Crippen MR) is 47.2 cm³/mol. The summed E-state index contributed by atoms with van der Waals surface area (Å²) in [7, 11) is 0. The maximum atomic E-state index is 8.17. The smallest absolute Gasteiger partial charge is 0.100 e. The third-order valence-electron chi connectivity index (χ3n) is 0.988. The molecule has 13 heavy (non-hydrogen) atoms. The largest absolute Gasteiger partial charge is 0.412 e. The summed E-state index contributed by atoms with van der Waals surface area (Å²) in [5.74, 6) is 0. The van der Waals surface area contributed by atoms with Crippen molar-refractivity contribution in [2.45, 2.75) is 18.9 Å². The molecule has 0 radical (unpaired) electrons. The van der Waals surface area contributed by atoms with Crippen LogP contribution in [0.2, 0.25) is 0 Å². The summed E-state index contributed by atoms with van der Waals surface area (Å²) in [6.45, 7) is -0.339. The highest BCUT2D eigenvalue weighted by Gasteiger charge is 1.93. The van der Waals surface area contributed by atoms with Crippen molar-refractivity contribution in [2.24, 2.45) is 0 Å². The molecule has 0 aromatic carbocycles. The van der Waals surface area contributed by atoms with Crippen LogP contribution in [0.15, 0.2) is 0 Å². The Morgan fingerprint density at radius 2 is 1.08 bits per heavy atom. The summed E-state index contributed by atoms with van der Waals surface area (Å²) in [6.07, 6.45) is 0.484. The molecule has 0 atom stereocenters. The Morgan fingerprint density at radius 3 is 1.15 bits per heavy atom. The predicted octanol–water partition coefficient (Wildman–Crippen LogP) is -2.74. The van der Waals surface area contributed by atoms with Crippen molar-refractivity contribution in [3.05, 3.63) is 0 Å². The Kier molecular flexibility index (Phi) is 25.3. The molecule has 0 bridgehead atoms. The number of aliphatic hydroxyl groups excluding tert-OH is 5. The van der Waals surface area contributed by atoms with Crippen molar-refractivity contribution >= 4 is 0 Å². The molecule has 0 aromatic rings. The van der Waals surface area contributed by atoms with E-state index >= 15 is 0 Å². The molecule has 0 fully saturated rings. The molecule has 6 heteroatoms. The minimum Gasteiger partial charge on any atom is -0.412 e. The summed E-state index contributed by atoms with van der Waals surface area (Å²) >= 11 is 0. The zero-order valence-corrected chi connectivity index (χ0v) is 7.56. The lowest BCUT2D eigenvalue weighted by molar-refractivity contribution is 0.0450. The van der Waals surface area contributed by atoms with Crippen molar-refractivity contribution < 1.29 is 31.0 Å². The van der Waals surface area contributed by atoms with Gasteiger partial charge in [0.2, 0.25) is 0 Å². The third kappa shape index (κ3) is 24.5. The molecule has 0 spiro atoms. The van der Waals surface area contributed by atoms with Crippen molar-refractivity contribution in [2.75, 3.05) is 26.4 Å². The molecule has 0 aliphatic heterocycles. The van der Waals surface area contributed by atoms with Crippen LogP contribution in [0.3, 0.4) is 0 Å². The van der Waals surface area contributed by atoms with Gasteiger partial charge in [-0.1, -0.05) is 0 Å². The van der Waals surface area contributed by atoms with Gasteiger partial charge in [0.05, 0.1) is 13.2 Å². The Balaban J connectivity index is -0.000000143. The lowest BCUT2D eigenvalue weighted by atomic mass is 10.3. The first-order valence-electron chi connectivity index (χ1n) is 3.84. The normalized spacial score (nSPS) is 8.77. The maximum absolute atomic E-state index is 8.17. The van der Waals surface area contributed by atoms with Crippen LogP contribution in [0.4, 0.5) is 0 Å². The second-order valence-corrected chi connectivity index (χ2v) is 2.17. The van der Waals surface area contributed by atoms with Crippen molar-refractivity contribution in [1.29, 1.82) is 0 Å². The van der Waals surface area contributed by atoms with Gasteiger partial charge in [-0.2, -0.15) is 0 Å². The van der Waals surface area contributed by atoms with Crippen molar-refractivity contribution in [3.8, 4) is 0 Å². The monoisotopic (exact) mass is 200 g/mol. The topological polar surface area (TPSA) is 133 Å². The highest BCUT2D eigenvalue weighted by molar-refractivity contribution is 4.44. The van der Waals surface area contributed by atoms with E-state index in [9.17, 15) is 0 Å². The molecular weight excluding hydrogens is 180 g/mol. The molecule has 0 aliphatic rings. The molecule has 6 nitrogen and oxygen atoms in total. The van der Waals surface area contributed by atoms with Crippen molar-refractivity contribution in [3.63, 3.8) is 0 Å². The summed E-state index contributed by atoms with van der Waals surface area (Å²) in [4.78, 5) is 0. The number of aliphatic hydroxyl groups is 5. The van der Waals surface area contributed by atoms with Gasteiger partial charge >= 0.3 is 0 Å². The van der Waals surface area contributed by atoms with Gasteiger partial charge < -0.3 is 31.0 Å². The van der Waals surface area contributed by atoms with Crippen LogP contribution >= 0.6 is 0 Å². The van der Waals surface area contributed by atoms with E-state index in [1.165, 1.54) is 0 Å². The van der Waals surface area contributed by atoms with Crippen LogP contribution in [0.1, 0.15) is 12.8 Å². The molecule has 0 saturated carbocycles. The molecule has 0 aromatic heterocycles. The van der Waals surface area contributed by atoms with Crippen LogP contribution in [0, 0.1) is 0 Å². The Morgan fingerprint density at radius 1 is 0.769 bits per heavy atom. The Hall–Kier alpha value is -0.240. The highest BCUT2D eigenvalue weighted by Crippen LogP contribution is 1.80. The number of hydrogen-bond acceptors (Lipinski definition) is 5. The van der Waals surface area contributed by atoms with Crippen LogP contribution in [-0.2, 0) is 0 Å². The summed E-state index contributed by atoms with van der Waals surface area (Å²) < 4.78 is 0. The fraction of sp³-hybridized carbons (Fsp3) is 1.00. The Bertz CT molecular complexity index is 62.0. The van der Waals surface area contributed by atoms with Crippen LogP contribution in [0.5, 0.6) is 0 Å². The van der Waals surface area contributed by atoms with Crippen LogP contribution in [-0.4, -0.2) is 63.5 Å². The van der Waals surface area contributed by atoms with Gasteiger partial charge in [0.25, 0.3) is 0 Å². The molecule has 0 rings (SSSR count). The minimum absolute atomic E-state index is 0. The molecule has 0 saturated heterocycles. The van der Waals surface area contributed by atoms with Gasteiger partial charge in [-0.3, -0.25) is 0 Å². The van der Waals surface area contributed by atoms with Gasteiger partial charge in [-0.25, -0.2) is 0 Å². The lowest BCUT2D eigenvalue weighted by Crippen LogP contribution is -2.15. The van der Waals surface area contributed by atoms with Crippen LogP contribution < -0.4 is 0 Å². The zero-order chi connectivity index (χ0) is 9.82. The minimum atomic E-state index is -0.954. The van der Waals surface area contributed by atoms with Crippen LogP contribution in [0.25, 0.3) is 0 Å². The SMILES string of the molecule is O.OCC(O)CO.OCCCCO. The van der Waals surface area contributed by atoms with E-state index in [2.05, 4.69) is 0 Å². The molecule has 0 aliphatic carbocycles. The fourth-order valence-corrected chi connectivity index (χ4v) is 0.281. The highest BCUT2D eigenvalue weighted by atomic mass is 16.3. The van der Waals surface area contributed by atoms with E-state index in [1.54, 1.807) is 0 Å². The van der Waals surface area contributed by atoms with E-state index < -0.39 is 6.10 Å². The van der Waals surface area contributed by atoms with Crippen molar-refractivity contribution in [1.82, 2.24) is 0 Å². The molecular formula is C7H20O6. The van der Waals surface area contributed by atoms with E-state index in [4.69, 9.17) is 25.5 Å². The first-order valence-corrected chi connectivity index (χ1v) is 3.84. The first-order chi connectivity index (χ1) is 5.72. The fourth-order valence-electron chi connectivity index (χ4n) is 0.281. The summed E-state index contributed by atoms with van der Waals surface area (Å²) in [5, 5.41) is 40.2. The van der Waals surface area contributed by atoms with Gasteiger partial charge in [0.1, 0.15) is 6.10 Å². The van der Waals surface area contributed by atoms with Gasteiger partial charge in [-0.05, 0) is 12.8 Å². The molecule has 0 unspecified atom stereocenters. The van der Waals surface area contributed by atoms with E-state index in [0.717, 1.165) is 12.8 Å². The second-order valence-electron chi connectivity index (χ2n) is 2.17. The zero-order valence-electron chi connectivity index (χ0n) is 7.56. The van der Waals surface area contributed by atoms with Gasteiger partial charge in [-0.15, -0.1) is 0 Å². The van der Waals surface area contributed by atoms with E-state index in [0.29, 0.717) is 0 Å². The first kappa shape index (κ1) is 18.5. The average molecular weight is 200 g/mol. The number of rotatable bonds is 5. The molecule has 7 N–H and O–H groups in total. The standard InChI is InChI=1S/C4H10O2.C3H8O3.H2O/c5-3-1-2-4-6;4-1-3(6)2-5;/h5-6H,1-4H2;3-6H,1-2H2;1H2. The number of hydrogen-bond donors (Lipinski definition) is 5. The quantitative estimate of drug-likeness (QED) is 0.307. The summed E-state index contributed by atoms with van der Waals surface area (Å²) in [5.41, 5.74) is 0. The second kappa shape index (κ2) is 17.7. The molecule has 0 heterocycles. The van der Waals surface area contributed by atoms with Gasteiger partial charge in [0, 0.05) is 13.2 Å².